The first-order valence-electron chi connectivity index (χ1n) is 6.23. The van der Waals surface area contributed by atoms with Gasteiger partial charge in [-0.3, -0.25) is 0 Å². The molecule has 0 amide bonds. The summed E-state index contributed by atoms with van der Waals surface area (Å²) in [7, 11) is -1.33. The standard InChI is InChI=1S/C11H24N2O2S.ClH/c1-3-16(14,15)13(2)10-6-9-12-11-7-4-5-8-11;/h11-12H,3-10H2,1-2H3;1H. The van der Waals surface area contributed by atoms with Crippen LogP contribution in [0.3, 0.4) is 0 Å². The lowest BCUT2D eigenvalue weighted by Crippen LogP contribution is -2.33. The maximum absolute atomic E-state index is 11.5. The third kappa shape index (κ3) is 6.04. The Hall–Kier alpha value is 0.160. The Bertz CT molecular complexity index is 290. The van der Waals surface area contributed by atoms with Crippen molar-refractivity contribution in [1.82, 2.24) is 9.62 Å². The van der Waals surface area contributed by atoms with Crippen molar-refractivity contribution in [2.24, 2.45) is 0 Å². The molecule has 1 aliphatic carbocycles. The molecular formula is C11H25ClN2O2S. The van der Waals surface area contributed by atoms with Gasteiger partial charge < -0.3 is 5.32 Å². The van der Waals surface area contributed by atoms with Gasteiger partial charge in [-0.05, 0) is 32.7 Å². The smallest absolute Gasteiger partial charge is 0.213 e. The Morgan fingerprint density at radius 1 is 1.29 bits per heavy atom. The molecule has 1 rings (SSSR count). The molecule has 104 valence electrons. The molecule has 0 bridgehead atoms. The van der Waals surface area contributed by atoms with Crippen LogP contribution in [0.4, 0.5) is 0 Å². The Kier molecular flexibility index (Phi) is 8.37. The summed E-state index contributed by atoms with van der Waals surface area (Å²) >= 11 is 0. The Labute approximate surface area is 112 Å². The minimum atomic E-state index is -2.99. The molecule has 0 aliphatic heterocycles. The average molecular weight is 285 g/mol. The second kappa shape index (κ2) is 8.29. The third-order valence-corrected chi connectivity index (χ3v) is 5.14. The summed E-state index contributed by atoms with van der Waals surface area (Å²) in [6, 6.07) is 0.674. The van der Waals surface area contributed by atoms with E-state index >= 15 is 0 Å². The number of nitrogens with zero attached hydrogens (tertiary/aromatic N) is 1. The molecule has 0 atom stereocenters. The Morgan fingerprint density at radius 3 is 2.41 bits per heavy atom. The molecule has 6 heteroatoms. The van der Waals surface area contributed by atoms with Crippen LogP contribution < -0.4 is 5.32 Å². The molecule has 1 fully saturated rings. The lowest BCUT2D eigenvalue weighted by atomic mass is 10.2. The van der Waals surface area contributed by atoms with E-state index in [2.05, 4.69) is 5.32 Å². The monoisotopic (exact) mass is 284 g/mol. The van der Waals surface area contributed by atoms with Crippen LogP contribution in [0.2, 0.25) is 0 Å². The normalized spacial score (nSPS) is 17.4. The minimum absolute atomic E-state index is 0. The SMILES string of the molecule is CCS(=O)(=O)N(C)CCCNC1CCCC1.Cl. The van der Waals surface area contributed by atoms with E-state index in [4.69, 9.17) is 0 Å². The molecule has 1 saturated carbocycles. The summed E-state index contributed by atoms with van der Waals surface area (Å²) in [5, 5.41) is 3.48. The molecule has 0 aromatic heterocycles. The topological polar surface area (TPSA) is 49.4 Å². The van der Waals surface area contributed by atoms with Gasteiger partial charge in [0.15, 0.2) is 0 Å². The number of nitrogens with one attached hydrogen (secondary N) is 1. The first-order chi connectivity index (χ1) is 7.56. The number of sulfonamides is 1. The predicted octanol–water partition coefficient (Wildman–Crippen LogP) is 1.61. The van der Waals surface area contributed by atoms with Gasteiger partial charge in [-0.25, -0.2) is 12.7 Å². The Balaban J connectivity index is 0.00000256. The first-order valence-corrected chi connectivity index (χ1v) is 7.84. The average Bonchev–Trinajstić information content (AvgIpc) is 2.76. The maximum Gasteiger partial charge on any atom is 0.213 e. The lowest BCUT2D eigenvalue weighted by Gasteiger charge is -2.17. The van der Waals surface area contributed by atoms with Crippen LogP contribution in [0.1, 0.15) is 39.0 Å². The van der Waals surface area contributed by atoms with Gasteiger partial charge in [-0.1, -0.05) is 12.8 Å². The molecule has 17 heavy (non-hydrogen) atoms. The zero-order valence-electron chi connectivity index (χ0n) is 10.8. The zero-order chi connectivity index (χ0) is 12.0. The number of hydrogen-bond donors (Lipinski definition) is 1. The second-order valence-electron chi connectivity index (χ2n) is 4.51. The first kappa shape index (κ1) is 17.2. The van der Waals surface area contributed by atoms with E-state index in [0.29, 0.717) is 12.6 Å². The van der Waals surface area contributed by atoms with Crippen LogP contribution in [-0.4, -0.2) is 44.7 Å². The van der Waals surface area contributed by atoms with Crippen LogP contribution in [-0.2, 0) is 10.0 Å². The van der Waals surface area contributed by atoms with E-state index in [-0.39, 0.29) is 18.2 Å². The fourth-order valence-electron chi connectivity index (χ4n) is 2.10. The Morgan fingerprint density at radius 2 is 1.88 bits per heavy atom. The summed E-state index contributed by atoms with van der Waals surface area (Å²) in [6.07, 6.45) is 6.13. The van der Waals surface area contributed by atoms with Gasteiger partial charge in [-0.15, -0.1) is 12.4 Å². The van der Waals surface area contributed by atoms with Crippen molar-refractivity contribution < 1.29 is 8.42 Å². The summed E-state index contributed by atoms with van der Waals surface area (Å²) in [4.78, 5) is 0. The molecule has 0 radical (unpaired) electrons. The van der Waals surface area contributed by atoms with Gasteiger partial charge >= 0.3 is 0 Å². The highest BCUT2D eigenvalue weighted by Crippen LogP contribution is 2.17. The van der Waals surface area contributed by atoms with E-state index < -0.39 is 10.0 Å². The lowest BCUT2D eigenvalue weighted by molar-refractivity contribution is 0.440. The van der Waals surface area contributed by atoms with Crippen molar-refractivity contribution in [2.75, 3.05) is 25.9 Å². The van der Waals surface area contributed by atoms with Crippen LogP contribution >= 0.6 is 12.4 Å². The highest BCUT2D eigenvalue weighted by molar-refractivity contribution is 7.89. The second-order valence-corrected chi connectivity index (χ2v) is 6.88. The summed E-state index contributed by atoms with van der Waals surface area (Å²) in [5.74, 6) is 0.194. The van der Waals surface area contributed by atoms with Crippen molar-refractivity contribution in [1.29, 1.82) is 0 Å². The van der Waals surface area contributed by atoms with Gasteiger partial charge in [-0.2, -0.15) is 0 Å². The van der Waals surface area contributed by atoms with Crippen molar-refractivity contribution in [3.63, 3.8) is 0 Å². The van der Waals surface area contributed by atoms with Gasteiger partial charge in [0.25, 0.3) is 0 Å². The zero-order valence-corrected chi connectivity index (χ0v) is 12.4. The van der Waals surface area contributed by atoms with Crippen molar-refractivity contribution >= 4 is 22.4 Å². The van der Waals surface area contributed by atoms with Crippen LogP contribution in [0.5, 0.6) is 0 Å². The molecule has 0 unspecified atom stereocenters. The van der Waals surface area contributed by atoms with Crippen molar-refractivity contribution in [2.45, 2.75) is 45.1 Å². The van der Waals surface area contributed by atoms with Crippen molar-refractivity contribution in [3.05, 3.63) is 0 Å². The number of hydrogen-bond acceptors (Lipinski definition) is 3. The molecule has 0 saturated heterocycles. The summed E-state index contributed by atoms with van der Waals surface area (Å²) in [6.45, 7) is 3.23. The highest BCUT2D eigenvalue weighted by Gasteiger charge is 2.15. The van der Waals surface area contributed by atoms with Gasteiger partial charge in [0, 0.05) is 19.6 Å². The van der Waals surface area contributed by atoms with Gasteiger partial charge in [0.1, 0.15) is 0 Å². The molecule has 0 spiro atoms. The highest BCUT2D eigenvalue weighted by atomic mass is 35.5. The molecule has 4 nitrogen and oxygen atoms in total. The molecular weight excluding hydrogens is 260 g/mol. The molecule has 1 aliphatic rings. The largest absolute Gasteiger partial charge is 0.314 e. The number of rotatable bonds is 7. The number of halogens is 1. The fraction of sp³-hybridized carbons (Fsp3) is 1.00. The van der Waals surface area contributed by atoms with E-state index in [1.54, 1.807) is 14.0 Å². The van der Waals surface area contributed by atoms with E-state index in [1.807, 2.05) is 0 Å². The quantitative estimate of drug-likeness (QED) is 0.723. The van der Waals surface area contributed by atoms with Crippen LogP contribution in [0.15, 0.2) is 0 Å². The van der Waals surface area contributed by atoms with E-state index in [1.165, 1.54) is 30.0 Å². The summed E-state index contributed by atoms with van der Waals surface area (Å²) < 4.78 is 24.4. The summed E-state index contributed by atoms with van der Waals surface area (Å²) in [5.41, 5.74) is 0. The molecule has 0 aromatic carbocycles. The third-order valence-electron chi connectivity index (χ3n) is 3.28. The fourth-order valence-corrected chi connectivity index (χ4v) is 2.95. The van der Waals surface area contributed by atoms with E-state index in [9.17, 15) is 8.42 Å². The van der Waals surface area contributed by atoms with E-state index in [0.717, 1.165) is 13.0 Å². The van der Waals surface area contributed by atoms with Crippen LogP contribution in [0.25, 0.3) is 0 Å². The van der Waals surface area contributed by atoms with Gasteiger partial charge in [0.2, 0.25) is 10.0 Å². The van der Waals surface area contributed by atoms with Crippen molar-refractivity contribution in [3.8, 4) is 0 Å². The minimum Gasteiger partial charge on any atom is -0.314 e. The molecule has 0 heterocycles. The van der Waals surface area contributed by atoms with Gasteiger partial charge in [0.05, 0.1) is 5.75 Å². The molecule has 1 N–H and O–H groups in total. The van der Waals surface area contributed by atoms with Crippen LogP contribution in [0, 0.1) is 0 Å². The maximum atomic E-state index is 11.5. The molecule has 0 aromatic rings. The predicted molar refractivity (Wildman–Crippen MR) is 74.2 cm³/mol.